The summed E-state index contributed by atoms with van der Waals surface area (Å²) in [6.07, 6.45) is 9.74. The van der Waals surface area contributed by atoms with Crippen LogP contribution in [0.1, 0.15) is 72.1 Å². The number of hydrogen-bond donors (Lipinski definition) is 0. The molecule has 0 unspecified atom stereocenters. The Hall–Kier alpha value is -1.40. The van der Waals surface area contributed by atoms with Crippen LogP contribution in [0.3, 0.4) is 0 Å². The third kappa shape index (κ3) is 5.16. The zero-order chi connectivity index (χ0) is 22.6. The number of ether oxygens (including phenoxy) is 4. The van der Waals surface area contributed by atoms with Crippen molar-refractivity contribution in [2.45, 2.75) is 78.4 Å². The van der Waals surface area contributed by atoms with Crippen LogP contribution in [0, 0.1) is 28.6 Å². The van der Waals surface area contributed by atoms with Crippen molar-refractivity contribution in [2.24, 2.45) is 28.6 Å². The number of esters is 2. The van der Waals surface area contributed by atoms with Crippen molar-refractivity contribution in [3.05, 3.63) is 11.6 Å². The van der Waals surface area contributed by atoms with Gasteiger partial charge in [0.25, 0.3) is 0 Å². The number of methoxy groups -OCH3 is 2. The predicted molar refractivity (Wildman–Crippen MR) is 117 cm³/mol. The van der Waals surface area contributed by atoms with Crippen molar-refractivity contribution in [3.63, 3.8) is 0 Å². The highest BCUT2D eigenvalue weighted by molar-refractivity contribution is 5.91. The molecule has 0 aromatic carbocycles. The Kier molecular flexibility index (Phi) is 7.85. The molecule has 1 heterocycles. The largest absolute Gasteiger partial charge is 0.469 e. The van der Waals surface area contributed by atoms with E-state index in [1.807, 2.05) is 0 Å². The molecule has 1 saturated heterocycles. The van der Waals surface area contributed by atoms with Crippen molar-refractivity contribution in [1.29, 1.82) is 0 Å². The molecular formula is C25H40O6. The molecule has 0 spiro atoms. The van der Waals surface area contributed by atoms with Crippen molar-refractivity contribution in [1.82, 2.24) is 0 Å². The van der Waals surface area contributed by atoms with Crippen LogP contribution in [0.5, 0.6) is 0 Å². The highest BCUT2D eigenvalue weighted by Gasteiger charge is 2.54. The Morgan fingerprint density at radius 2 is 1.97 bits per heavy atom. The monoisotopic (exact) mass is 436 g/mol. The van der Waals surface area contributed by atoms with Gasteiger partial charge in [-0.15, -0.1) is 0 Å². The number of allylic oxidation sites excluding steroid dienone is 1. The van der Waals surface area contributed by atoms with Gasteiger partial charge >= 0.3 is 11.9 Å². The van der Waals surface area contributed by atoms with E-state index >= 15 is 0 Å². The number of fused-ring (bicyclic) bond motifs is 1. The summed E-state index contributed by atoms with van der Waals surface area (Å²) < 4.78 is 21.2. The molecule has 1 saturated carbocycles. The number of carbonyl (C=O) groups excluding carboxylic acids is 2. The van der Waals surface area contributed by atoms with Gasteiger partial charge in [-0.2, -0.15) is 0 Å². The molecule has 0 bridgehead atoms. The average Bonchev–Trinajstić information content (AvgIpc) is 3.22. The maximum Gasteiger partial charge on any atom is 0.317 e. The maximum absolute atomic E-state index is 12.0. The van der Waals surface area contributed by atoms with E-state index in [1.165, 1.54) is 38.4 Å². The zero-order valence-corrected chi connectivity index (χ0v) is 19.9. The van der Waals surface area contributed by atoms with Crippen LogP contribution >= 0.6 is 0 Å². The molecule has 0 amide bonds. The fourth-order valence-electron chi connectivity index (χ4n) is 6.36. The smallest absolute Gasteiger partial charge is 0.317 e. The maximum atomic E-state index is 12.0. The van der Waals surface area contributed by atoms with E-state index in [0.29, 0.717) is 17.8 Å². The highest BCUT2D eigenvalue weighted by Crippen LogP contribution is 2.62. The van der Waals surface area contributed by atoms with Gasteiger partial charge in [-0.25, -0.2) is 0 Å². The van der Waals surface area contributed by atoms with Gasteiger partial charge in [0.05, 0.1) is 13.7 Å². The molecule has 1 aliphatic heterocycles. The van der Waals surface area contributed by atoms with Crippen LogP contribution in [0.2, 0.25) is 0 Å². The van der Waals surface area contributed by atoms with Crippen LogP contribution in [0.25, 0.3) is 0 Å². The Morgan fingerprint density at radius 3 is 2.65 bits per heavy atom. The summed E-state index contributed by atoms with van der Waals surface area (Å²) in [4.78, 5) is 23.4. The first-order valence-electron chi connectivity index (χ1n) is 11.8. The molecule has 3 rings (SSSR count). The molecule has 6 atom stereocenters. The van der Waals surface area contributed by atoms with E-state index in [0.717, 1.165) is 25.9 Å². The second kappa shape index (κ2) is 10.0. The van der Waals surface area contributed by atoms with Gasteiger partial charge in [-0.1, -0.05) is 26.8 Å². The first kappa shape index (κ1) is 24.2. The minimum absolute atomic E-state index is 0.0340. The summed E-state index contributed by atoms with van der Waals surface area (Å²) in [5, 5.41) is 0. The fourth-order valence-corrected chi connectivity index (χ4v) is 6.36. The fraction of sp³-hybridized carbons (Fsp3) is 0.840. The summed E-state index contributed by atoms with van der Waals surface area (Å²) in [5.41, 5.74) is 1.50. The topological polar surface area (TPSA) is 71.1 Å². The summed E-state index contributed by atoms with van der Waals surface area (Å²) in [6.45, 7) is 8.33. The van der Waals surface area contributed by atoms with Gasteiger partial charge in [0.15, 0.2) is 6.29 Å². The molecule has 3 aliphatic rings. The van der Waals surface area contributed by atoms with E-state index in [1.54, 1.807) is 7.11 Å². The first-order chi connectivity index (χ1) is 14.7. The van der Waals surface area contributed by atoms with Crippen molar-refractivity contribution >= 4 is 11.9 Å². The minimum atomic E-state index is -0.558. The van der Waals surface area contributed by atoms with Crippen LogP contribution < -0.4 is 0 Å². The SMILES string of the molecule is COC(=O)CC(=O)OCC1=CCC[C@@H]2[C@@](C)(CC[C@@H]3CO[C@H](OC)C3)[C@H](C)CC[C@@]12C. The molecule has 0 aromatic heterocycles. The molecular weight excluding hydrogens is 396 g/mol. The van der Waals surface area contributed by atoms with E-state index in [-0.39, 0.29) is 30.1 Å². The van der Waals surface area contributed by atoms with Crippen LogP contribution in [-0.4, -0.2) is 45.7 Å². The lowest BCUT2D eigenvalue weighted by atomic mass is 9.46. The minimum Gasteiger partial charge on any atom is -0.469 e. The van der Waals surface area contributed by atoms with Crippen molar-refractivity contribution < 1.29 is 28.5 Å². The zero-order valence-electron chi connectivity index (χ0n) is 19.9. The molecule has 0 N–H and O–H groups in total. The molecule has 6 heteroatoms. The Morgan fingerprint density at radius 1 is 1.19 bits per heavy atom. The third-order valence-electron chi connectivity index (χ3n) is 8.67. The number of hydrogen-bond acceptors (Lipinski definition) is 6. The normalized spacial score (nSPS) is 37.6. The molecule has 176 valence electrons. The van der Waals surface area contributed by atoms with Crippen LogP contribution in [0.4, 0.5) is 0 Å². The quantitative estimate of drug-likeness (QED) is 0.313. The Bertz CT molecular complexity index is 687. The number of rotatable bonds is 8. The molecule has 2 fully saturated rings. The summed E-state index contributed by atoms with van der Waals surface area (Å²) in [7, 11) is 3.00. The summed E-state index contributed by atoms with van der Waals surface area (Å²) in [6, 6.07) is 0. The Balaban J connectivity index is 1.67. The summed E-state index contributed by atoms with van der Waals surface area (Å²) >= 11 is 0. The predicted octanol–water partition coefficient (Wildman–Crippen LogP) is 4.66. The van der Waals surface area contributed by atoms with Crippen molar-refractivity contribution in [2.75, 3.05) is 27.4 Å². The second-order valence-corrected chi connectivity index (χ2v) is 10.3. The van der Waals surface area contributed by atoms with Gasteiger partial charge in [-0.3, -0.25) is 9.59 Å². The molecule has 6 nitrogen and oxygen atoms in total. The van der Waals surface area contributed by atoms with Gasteiger partial charge < -0.3 is 18.9 Å². The van der Waals surface area contributed by atoms with Gasteiger partial charge in [0, 0.05) is 13.5 Å². The van der Waals surface area contributed by atoms with E-state index in [4.69, 9.17) is 14.2 Å². The van der Waals surface area contributed by atoms with E-state index in [9.17, 15) is 9.59 Å². The average molecular weight is 437 g/mol. The van der Waals surface area contributed by atoms with E-state index in [2.05, 4.69) is 31.6 Å². The molecule has 31 heavy (non-hydrogen) atoms. The standard InChI is InChI=1S/C25H40O6/c1-17-9-11-25(3)19(16-30-22(27)14-21(26)28-4)7-6-8-20(25)24(17,2)12-10-18-13-23(29-5)31-15-18/h7,17-18,20,23H,6,8-16H2,1-5H3/t17-,18+,20-,23+,24+,25+/m1/s1. The van der Waals surface area contributed by atoms with E-state index < -0.39 is 11.9 Å². The lowest BCUT2D eigenvalue weighted by molar-refractivity contribution is -0.152. The van der Waals surface area contributed by atoms with Gasteiger partial charge in [0.2, 0.25) is 0 Å². The van der Waals surface area contributed by atoms with Gasteiger partial charge in [-0.05, 0) is 72.7 Å². The lowest BCUT2D eigenvalue weighted by Crippen LogP contribution is -2.50. The molecule has 0 aromatic rings. The van der Waals surface area contributed by atoms with Crippen LogP contribution in [-0.2, 0) is 28.5 Å². The lowest BCUT2D eigenvalue weighted by Gasteiger charge is -2.58. The molecule has 0 radical (unpaired) electrons. The Labute approximate surface area is 187 Å². The second-order valence-electron chi connectivity index (χ2n) is 10.3. The van der Waals surface area contributed by atoms with Gasteiger partial charge in [0.1, 0.15) is 13.0 Å². The summed E-state index contributed by atoms with van der Waals surface area (Å²) in [5.74, 6) is 0.715. The molecule has 2 aliphatic carbocycles. The third-order valence-corrected chi connectivity index (χ3v) is 8.67. The first-order valence-corrected chi connectivity index (χ1v) is 11.8. The van der Waals surface area contributed by atoms with Crippen molar-refractivity contribution in [3.8, 4) is 0 Å². The van der Waals surface area contributed by atoms with Crippen LogP contribution in [0.15, 0.2) is 11.6 Å². The highest BCUT2D eigenvalue weighted by atomic mass is 16.7. The number of carbonyl (C=O) groups is 2.